The van der Waals surface area contributed by atoms with Gasteiger partial charge in [-0.15, -0.1) is 11.3 Å². The Balaban J connectivity index is 1.18. The molecular weight excluding hydrogens is 587 g/mol. The standard InChI is InChI=1S/C34H34F3N3O3S/c1-20-16-25(22-10-13-39(14-11-22)32(41)23-6-7-23)9-8-24(20)17-21(2)28-12-15-44-30(28)26-4-3-5-27(18-26)40-31(34(35,36)37)29(19-38-40)33(42)43/h3-5,8-9,12,15-16,18-19,21-23H,6-7,10-11,13-14,17H2,1-2H3,(H,42,43). The zero-order valence-electron chi connectivity index (χ0n) is 24.6. The molecule has 3 heterocycles. The molecule has 6 rings (SSSR count). The Kier molecular flexibility index (Phi) is 8.13. The van der Waals surface area contributed by atoms with Gasteiger partial charge in [0.2, 0.25) is 5.91 Å². The Labute approximate surface area is 258 Å². The highest BCUT2D eigenvalue weighted by molar-refractivity contribution is 7.13. The molecule has 1 aliphatic carbocycles. The Morgan fingerprint density at radius 3 is 2.48 bits per heavy atom. The van der Waals surface area contributed by atoms with Crippen molar-refractivity contribution in [1.82, 2.24) is 14.7 Å². The van der Waals surface area contributed by atoms with Crippen LogP contribution in [-0.2, 0) is 17.4 Å². The summed E-state index contributed by atoms with van der Waals surface area (Å²) in [6.45, 7) is 5.96. The van der Waals surface area contributed by atoms with E-state index in [1.807, 2.05) is 16.3 Å². The van der Waals surface area contributed by atoms with Gasteiger partial charge in [-0.1, -0.05) is 37.3 Å². The van der Waals surface area contributed by atoms with E-state index in [1.165, 1.54) is 34.1 Å². The van der Waals surface area contributed by atoms with Crippen molar-refractivity contribution < 1.29 is 27.9 Å². The summed E-state index contributed by atoms with van der Waals surface area (Å²) in [5.74, 6) is -0.464. The summed E-state index contributed by atoms with van der Waals surface area (Å²) in [7, 11) is 0. The Morgan fingerprint density at radius 1 is 1.07 bits per heavy atom. The van der Waals surface area contributed by atoms with Crippen molar-refractivity contribution in [3.8, 4) is 16.1 Å². The first-order valence-corrected chi connectivity index (χ1v) is 15.8. The average molecular weight is 622 g/mol. The molecule has 230 valence electrons. The number of hydrogen-bond acceptors (Lipinski definition) is 4. The molecule has 4 aromatic rings. The van der Waals surface area contributed by atoms with Gasteiger partial charge in [-0.05, 0) is 102 Å². The van der Waals surface area contributed by atoms with Crippen molar-refractivity contribution in [2.45, 2.75) is 64.0 Å². The van der Waals surface area contributed by atoms with Gasteiger partial charge in [-0.25, -0.2) is 9.48 Å². The zero-order chi connectivity index (χ0) is 31.2. The highest BCUT2D eigenvalue weighted by Crippen LogP contribution is 2.39. The number of carbonyl (C=O) groups excluding carboxylic acids is 1. The van der Waals surface area contributed by atoms with Crippen LogP contribution in [0.15, 0.2) is 60.1 Å². The first-order valence-electron chi connectivity index (χ1n) is 15.0. The lowest BCUT2D eigenvalue weighted by molar-refractivity contribution is -0.143. The van der Waals surface area contributed by atoms with Gasteiger partial charge in [0.15, 0.2) is 5.69 Å². The number of nitrogens with zero attached hydrogens (tertiary/aromatic N) is 3. The van der Waals surface area contributed by atoms with Crippen LogP contribution in [0.1, 0.15) is 82.7 Å². The monoisotopic (exact) mass is 621 g/mol. The summed E-state index contributed by atoms with van der Waals surface area (Å²) < 4.78 is 42.2. The molecule has 2 fully saturated rings. The molecular formula is C34H34F3N3O3S. The van der Waals surface area contributed by atoms with Gasteiger partial charge in [0, 0.05) is 23.9 Å². The van der Waals surface area contributed by atoms with E-state index >= 15 is 0 Å². The molecule has 0 spiro atoms. The Morgan fingerprint density at radius 2 is 1.82 bits per heavy atom. The van der Waals surface area contributed by atoms with Gasteiger partial charge in [0.1, 0.15) is 5.56 Å². The van der Waals surface area contributed by atoms with E-state index in [0.717, 1.165) is 67.4 Å². The minimum atomic E-state index is -4.89. The van der Waals surface area contributed by atoms with Gasteiger partial charge in [0.05, 0.1) is 11.9 Å². The van der Waals surface area contributed by atoms with Crippen molar-refractivity contribution >= 4 is 23.2 Å². The lowest BCUT2D eigenvalue weighted by Crippen LogP contribution is -2.38. The number of halogens is 3. The molecule has 1 N–H and O–H groups in total. The number of aromatic nitrogens is 2. The summed E-state index contributed by atoms with van der Waals surface area (Å²) in [6.07, 6.45) is 0.729. The maximum atomic E-state index is 13.8. The van der Waals surface area contributed by atoms with Gasteiger partial charge in [-0.3, -0.25) is 4.79 Å². The Bertz CT molecular complexity index is 1700. The highest BCUT2D eigenvalue weighted by Gasteiger charge is 2.41. The van der Waals surface area contributed by atoms with Crippen LogP contribution in [0.5, 0.6) is 0 Å². The van der Waals surface area contributed by atoms with E-state index < -0.39 is 23.4 Å². The van der Waals surface area contributed by atoms with E-state index in [-0.39, 0.29) is 17.5 Å². The van der Waals surface area contributed by atoms with Crippen LogP contribution in [0.3, 0.4) is 0 Å². The summed E-state index contributed by atoms with van der Waals surface area (Å²) in [5, 5.41) is 15.1. The number of aromatic carboxylic acids is 1. The molecule has 2 aliphatic rings. The van der Waals surface area contributed by atoms with E-state index in [0.29, 0.717) is 16.5 Å². The fourth-order valence-corrected chi connectivity index (χ4v) is 7.38. The number of hydrogen-bond donors (Lipinski definition) is 1. The quantitative estimate of drug-likeness (QED) is 0.216. The number of alkyl halides is 3. The number of carbonyl (C=O) groups is 2. The lowest BCUT2D eigenvalue weighted by atomic mass is 9.85. The third-order valence-electron chi connectivity index (χ3n) is 8.95. The maximum Gasteiger partial charge on any atom is 0.434 e. The smallest absolute Gasteiger partial charge is 0.434 e. The van der Waals surface area contributed by atoms with Gasteiger partial charge >= 0.3 is 12.1 Å². The SMILES string of the molecule is Cc1cc(C2CCN(C(=O)C3CC3)CC2)ccc1CC(C)c1ccsc1-c1cccc(-n2ncc(C(=O)O)c2C(F)(F)F)c1. The second-order valence-electron chi connectivity index (χ2n) is 12.0. The molecule has 44 heavy (non-hydrogen) atoms. The van der Waals surface area contributed by atoms with Gasteiger partial charge < -0.3 is 10.0 Å². The van der Waals surface area contributed by atoms with E-state index in [9.17, 15) is 27.9 Å². The van der Waals surface area contributed by atoms with Crippen molar-refractivity contribution in [3.05, 3.63) is 93.6 Å². The fraction of sp³-hybridized carbons (Fsp3) is 0.382. The van der Waals surface area contributed by atoms with Gasteiger partial charge in [-0.2, -0.15) is 18.3 Å². The van der Waals surface area contributed by atoms with Crippen LogP contribution in [-0.4, -0.2) is 44.8 Å². The minimum Gasteiger partial charge on any atom is -0.478 e. The average Bonchev–Trinajstić information content (AvgIpc) is 3.53. The summed E-state index contributed by atoms with van der Waals surface area (Å²) >= 11 is 1.52. The first kappa shape index (κ1) is 30.1. The van der Waals surface area contributed by atoms with Crippen LogP contribution >= 0.6 is 11.3 Å². The second-order valence-corrected chi connectivity index (χ2v) is 13.0. The number of carboxylic acid groups (broad SMARTS) is 1. The lowest BCUT2D eigenvalue weighted by Gasteiger charge is -2.32. The molecule has 0 radical (unpaired) electrons. The number of piperidine rings is 1. The Hall–Kier alpha value is -3.92. The number of benzene rings is 2. The molecule has 6 nitrogen and oxygen atoms in total. The molecule has 1 saturated carbocycles. The fourth-order valence-electron chi connectivity index (χ4n) is 6.36. The minimum absolute atomic E-state index is 0.142. The van der Waals surface area contributed by atoms with E-state index in [4.69, 9.17) is 0 Å². The molecule has 1 unspecified atom stereocenters. The zero-order valence-corrected chi connectivity index (χ0v) is 25.4. The molecule has 1 atom stereocenters. The molecule has 1 amide bonds. The molecule has 2 aromatic carbocycles. The number of carboxylic acids is 1. The van der Waals surface area contributed by atoms with Crippen molar-refractivity contribution in [3.63, 3.8) is 0 Å². The van der Waals surface area contributed by atoms with E-state index in [2.05, 4.69) is 43.2 Å². The predicted octanol–water partition coefficient (Wildman–Crippen LogP) is 8.09. The van der Waals surface area contributed by atoms with Crippen LogP contribution in [0.4, 0.5) is 13.2 Å². The van der Waals surface area contributed by atoms with Gasteiger partial charge in [0.25, 0.3) is 0 Å². The van der Waals surface area contributed by atoms with Crippen molar-refractivity contribution in [2.24, 2.45) is 5.92 Å². The molecule has 10 heteroatoms. The summed E-state index contributed by atoms with van der Waals surface area (Å²) in [4.78, 5) is 26.9. The third-order valence-corrected chi connectivity index (χ3v) is 9.92. The molecule has 2 aromatic heterocycles. The molecule has 0 bridgehead atoms. The second kappa shape index (κ2) is 11.9. The van der Waals surface area contributed by atoms with Crippen molar-refractivity contribution in [1.29, 1.82) is 0 Å². The first-order chi connectivity index (χ1) is 21.0. The maximum absolute atomic E-state index is 13.8. The topological polar surface area (TPSA) is 75.4 Å². The number of amides is 1. The molecule has 1 saturated heterocycles. The predicted molar refractivity (Wildman–Crippen MR) is 163 cm³/mol. The van der Waals surface area contributed by atoms with Crippen LogP contribution in [0.25, 0.3) is 16.1 Å². The van der Waals surface area contributed by atoms with Crippen LogP contribution in [0.2, 0.25) is 0 Å². The number of likely N-dealkylation sites (tertiary alicyclic amines) is 1. The summed E-state index contributed by atoms with van der Waals surface area (Å²) in [5.41, 5.74) is 3.61. The van der Waals surface area contributed by atoms with E-state index in [1.54, 1.807) is 12.1 Å². The third kappa shape index (κ3) is 6.04. The largest absolute Gasteiger partial charge is 0.478 e. The van der Waals surface area contributed by atoms with Crippen molar-refractivity contribution in [2.75, 3.05) is 13.1 Å². The number of aryl methyl sites for hydroxylation is 1. The number of rotatable bonds is 8. The number of thiophene rings is 1. The van der Waals surface area contributed by atoms with Crippen LogP contribution in [0, 0.1) is 12.8 Å². The summed E-state index contributed by atoms with van der Waals surface area (Å²) in [6, 6.07) is 15.4. The highest BCUT2D eigenvalue weighted by atomic mass is 32.1. The molecule has 1 aliphatic heterocycles. The normalized spacial score (nSPS) is 16.7. The van der Waals surface area contributed by atoms with Crippen LogP contribution < -0.4 is 0 Å².